The highest BCUT2D eigenvalue weighted by atomic mass is 16.6. The molecule has 5 heteroatoms. The van der Waals surface area contributed by atoms with Crippen LogP contribution in [-0.2, 0) is 6.42 Å². The first-order chi connectivity index (χ1) is 7.95. The number of ether oxygens (including phenoxy) is 1. The van der Waals surface area contributed by atoms with Gasteiger partial charge < -0.3 is 9.84 Å². The van der Waals surface area contributed by atoms with E-state index in [1.54, 1.807) is 13.0 Å². The molecule has 94 valence electrons. The number of hydrogen-bond acceptors (Lipinski definition) is 4. The summed E-state index contributed by atoms with van der Waals surface area (Å²) >= 11 is 0. The Balaban J connectivity index is 3.02. The van der Waals surface area contributed by atoms with Gasteiger partial charge >= 0.3 is 0 Å². The molecule has 0 spiro atoms. The van der Waals surface area contributed by atoms with Crippen molar-refractivity contribution in [2.75, 3.05) is 7.11 Å². The maximum atomic E-state index is 10.7. The average molecular weight is 239 g/mol. The molecule has 1 aromatic rings. The summed E-state index contributed by atoms with van der Waals surface area (Å²) in [6.45, 7) is 3.59. The fourth-order valence-corrected chi connectivity index (χ4v) is 1.56. The number of nitro benzene ring substituents is 1. The number of aliphatic hydroxyl groups excluding tert-OH is 1. The summed E-state index contributed by atoms with van der Waals surface area (Å²) in [7, 11) is 1.53. The van der Waals surface area contributed by atoms with Crippen molar-refractivity contribution in [2.24, 2.45) is 5.92 Å². The lowest BCUT2D eigenvalue weighted by molar-refractivity contribution is -0.384. The third-order valence-electron chi connectivity index (χ3n) is 2.84. The Labute approximate surface area is 100 Å². The summed E-state index contributed by atoms with van der Waals surface area (Å²) in [6, 6.07) is 4.50. The summed E-state index contributed by atoms with van der Waals surface area (Å²) in [5.41, 5.74) is 0.786. The molecular weight excluding hydrogens is 222 g/mol. The van der Waals surface area contributed by atoms with Gasteiger partial charge in [-0.2, -0.15) is 0 Å². The average Bonchev–Trinajstić information content (AvgIpc) is 2.28. The second-order valence-corrected chi connectivity index (χ2v) is 4.18. The Kier molecular flexibility index (Phi) is 4.45. The predicted octanol–water partition coefficient (Wildman–Crippen LogP) is 2.16. The number of non-ortho nitro benzene ring substituents is 1. The zero-order valence-corrected chi connectivity index (χ0v) is 10.2. The molecule has 2 unspecified atom stereocenters. The van der Waals surface area contributed by atoms with Crippen LogP contribution in [0.3, 0.4) is 0 Å². The van der Waals surface area contributed by atoms with Crippen molar-refractivity contribution in [3.63, 3.8) is 0 Å². The fraction of sp³-hybridized carbons (Fsp3) is 0.500. The van der Waals surface area contributed by atoms with Crippen LogP contribution < -0.4 is 4.74 Å². The number of nitrogens with zero attached hydrogens (tertiary/aromatic N) is 1. The van der Waals surface area contributed by atoms with Gasteiger partial charge in [-0.15, -0.1) is 0 Å². The van der Waals surface area contributed by atoms with E-state index in [2.05, 4.69) is 0 Å². The van der Waals surface area contributed by atoms with E-state index < -0.39 is 11.0 Å². The topological polar surface area (TPSA) is 72.6 Å². The number of hydrogen-bond donors (Lipinski definition) is 1. The van der Waals surface area contributed by atoms with E-state index in [4.69, 9.17) is 4.74 Å². The van der Waals surface area contributed by atoms with Gasteiger partial charge in [-0.25, -0.2) is 0 Å². The van der Waals surface area contributed by atoms with E-state index >= 15 is 0 Å². The summed E-state index contributed by atoms with van der Waals surface area (Å²) in [6.07, 6.45) is 0.0849. The minimum atomic E-state index is -0.459. The van der Waals surface area contributed by atoms with Crippen molar-refractivity contribution in [2.45, 2.75) is 26.4 Å². The molecule has 0 fully saturated rings. The number of aliphatic hydroxyl groups is 1. The first-order valence-corrected chi connectivity index (χ1v) is 5.45. The highest BCUT2D eigenvalue weighted by Gasteiger charge is 2.16. The van der Waals surface area contributed by atoms with Crippen LogP contribution >= 0.6 is 0 Å². The molecule has 0 saturated carbocycles. The first-order valence-electron chi connectivity index (χ1n) is 5.45. The van der Waals surface area contributed by atoms with E-state index in [9.17, 15) is 15.2 Å². The van der Waals surface area contributed by atoms with Crippen LogP contribution in [0.15, 0.2) is 18.2 Å². The Hall–Kier alpha value is -1.62. The largest absolute Gasteiger partial charge is 0.496 e. The van der Waals surface area contributed by atoms with Gasteiger partial charge in [0.1, 0.15) is 5.75 Å². The summed E-state index contributed by atoms with van der Waals surface area (Å²) in [5, 5.41) is 20.1. The monoisotopic (exact) mass is 239 g/mol. The van der Waals surface area contributed by atoms with E-state index in [0.717, 1.165) is 5.56 Å². The molecule has 1 rings (SSSR count). The smallest absolute Gasteiger partial charge is 0.269 e. The molecule has 0 bridgehead atoms. The van der Waals surface area contributed by atoms with Crippen molar-refractivity contribution in [1.82, 2.24) is 0 Å². The predicted molar refractivity (Wildman–Crippen MR) is 64.2 cm³/mol. The lowest BCUT2D eigenvalue weighted by atomic mass is 9.96. The summed E-state index contributed by atoms with van der Waals surface area (Å²) in [4.78, 5) is 10.3. The van der Waals surface area contributed by atoms with Crippen LogP contribution in [0, 0.1) is 16.0 Å². The van der Waals surface area contributed by atoms with Gasteiger partial charge in [0, 0.05) is 17.7 Å². The lowest BCUT2D eigenvalue weighted by Gasteiger charge is -2.16. The van der Waals surface area contributed by atoms with Crippen LogP contribution in [0.2, 0.25) is 0 Å². The van der Waals surface area contributed by atoms with Crippen LogP contribution in [0.25, 0.3) is 0 Å². The normalized spacial score (nSPS) is 14.1. The van der Waals surface area contributed by atoms with Gasteiger partial charge in [-0.05, 0) is 25.3 Å². The van der Waals surface area contributed by atoms with Crippen molar-refractivity contribution in [3.05, 3.63) is 33.9 Å². The second-order valence-electron chi connectivity index (χ2n) is 4.18. The zero-order valence-electron chi connectivity index (χ0n) is 10.2. The quantitative estimate of drug-likeness (QED) is 0.631. The number of rotatable bonds is 5. The third kappa shape index (κ3) is 3.42. The SMILES string of the molecule is COc1ccc([N+](=O)[O-])cc1CC(C)C(C)O. The molecule has 0 heterocycles. The van der Waals surface area contributed by atoms with Crippen LogP contribution in [-0.4, -0.2) is 23.2 Å². The van der Waals surface area contributed by atoms with Gasteiger partial charge in [0.25, 0.3) is 5.69 Å². The Morgan fingerprint density at radius 1 is 1.47 bits per heavy atom. The molecule has 0 radical (unpaired) electrons. The molecule has 2 atom stereocenters. The minimum Gasteiger partial charge on any atom is -0.496 e. The van der Waals surface area contributed by atoms with E-state index in [0.29, 0.717) is 12.2 Å². The molecule has 1 N–H and O–H groups in total. The van der Waals surface area contributed by atoms with E-state index in [1.165, 1.54) is 19.2 Å². The molecule has 0 aliphatic heterocycles. The van der Waals surface area contributed by atoms with Crippen molar-refractivity contribution in [3.8, 4) is 5.75 Å². The van der Waals surface area contributed by atoms with Gasteiger partial charge in [-0.3, -0.25) is 10.1 Å². The Morgan fingerprint density at radius 2 is 2.12 bits per heavy atom. The van der Waals surface area contributed by atoms with Crippen LogP contribution in [0.4, 0.5) is 5.69 Å². The number of benzene rings is 1. The third-order valence-corrected chi connectivity index (χ3v) is 2.84. The van der Waals surface area contributed by atoms with Crippen LogP contribution in [0.1, 0.15) is 19.4 Å². The van der Waals surface area contributed by atoms with E-state index in [1.807, 2.05) is 6.92 Å². The lowest BCUT2D eigenvalue weighted by Crippen LogP contribution is -2.16. The second kappa shape index (κ2) is 5.63. The maximum absolute atomic E-state index is 10.7. The van der Waals surface area contributed by atoms with Crippen molar-refractivity contribution >= 4 is 5.69 Å². The highest BCUT2D eigenvalue weighted by molar-refractivity contribution is 5.44. The molecule has 0 aliphatic carbocycles. The van der Waals surface area contributed by atoms with Gasteiger partial charge in [0.2, 0.25) is 0 Å². The molecule has 1 aromatic carbocycles. The van der Waals surface area contributed by atoms with Gasteiger partial charge in [0.15, 0.2) is 0 Å². The molecule has 0 aromatic heterocycles. The molecule has 0 saturated heterocycles. The fourth-order valence-electron chi connectivity index (χ4n) is 1.56. The summed E-state index contributed by atoms with van der Waals surface area (Å²) < 4.78 is 5.16. The zero-order chi connectivity index (χ0) is 13.0. The van der Waals surface area contributed by atoms with E-state index in [-0.39, 0.29) is 11.6 Å². The molecule has 17 heavy (non-hydrogen) atoms. The Bertz CT molecular complexity index is 403. The van der Waals surface area contributed by atoms with Crippen LogP contribution in [0.5, 0.6) is 5.75 Å². The van der Waals surface area contributed by atoms with Gasteiger partial charge in [0.05, 0.1) is 18.1 Å². The van der Waals surface area contributed by atoms with Crippen molar-refractivity contribution in [1.29, 1.82) is 0 Å². The van der Waals surface area contributed by atoms with Gasteiger partial charge in [-0.1, -0.05) is 6.92 Å². The minimum absolute atomic E-state index is 0.0194. The molecule has 0 aliphatic rings. The number of methoxy groups -OCH3 is 1. The maximum Gasteiger partial charge on any atom is 0.269 e. The molecule has 0 amide bonds. The highest BCUT2D eigenvalue weighted by Crippen LogP contribution is 2.27. The Morgan fingerprint density at radius 3 is 2.59 bits per heavy atom. The van der Waals surface area contributed by atoms with Crippen molar-refractivity contribution < 1.29 is 14.8 Å². The molecule has 5 nitrogen and oxygen atoms in total. The molecular formula is C12H17NO4. The standard InChI is InChI=1S/C12H17NO4/c1-8(9(2)14)6-10-7-11(13(15)16)4-5-12(10)17-3/h4-5,7-9,14H,6H2,1-3H3. The first kappa shape index (κ1) is 13.4. The summed E-state index contributed by atoms with van der Waals surface area (Å²) in [5.74, 6) is 0.633. The number of nitro groups is 1.